The second-order valence-corrected chi connectivity index (χ2v) is 7.64. The van der Waals surface area contributed by atoms with Crippen molar-refractivity contribution in [1.82, 2.24) is 5.32 Å². The Hall–Kier alpha value is -2.86. The Kier molecular flexibility index (Phi) is 6.88. The van der Waals surface area contributed by atoms with Crippen LogP contribution in [0.3, 0.4) is 0 Å². The summed E-state index contributed by atoms with van der Waals surface area (Å²) in [6, 6.07) is 15.3. The van der Waals surface area contributed by atoms with Crippen molar-refractivity contribution in [3.8, 4) is 11.5 Å². The van der Waals surface area contributed by atoms with Crippen LogP contribution in [-0.4, -0.2) is 26.7 Å². The number of hydrogen-bond donors (Lipinski definition) is 1. The van der Waals surface area contributed by atoms with Crippen molar-refractivity contribution in [2.75, 3.05) is 20.8 Å². The Morgan fingerprint density at radius 1 is 1.03 bits per heavy atom. The molecule has 0 saturated carbocycles. The van der Waals surface area contributed by atoms with Gasteiger partial charge < -0.3 is 19.2 Å². The maximum absolute atomic E-state index is 12.4. The third kappa shape index (κ3) is 5.15. The van der Waals surface area contributed by atoms with Gasteiger partial charge >= 0.3 is 0 Å². The van der Waals surface area contributed by atoms with Crippen LogP contribution in [0.15, 0.2) is 62.9 Å². The molecule has 0 radical (unpaired) electrons. The highest BCUT2D eigenvalue weighted by molar-refractivity contribution is 7.99. The van der Waals surface area contributed by atoms with Crippen LogP contribution >= 0.6 is 11.8 Å². The Labute approximate surface area is 175 Å². The van der Waals surface area contributed by atoms with Gasteiger partial charge in [0.05, 0.1) is 14.2 Å². The van der Waals surface area contributed by atoms with Crippen LogP contribution < -0.4 is 14.8 Å². The molecule has 0 spiro atoms. The van der Waals surface area contributed by atoms with Crippen molar-refractivity contribution in [1.29, 1.82) is 0 Å². The van der Waals surface area contributed by atoms with E-state index in [0.29, 0.717) is 23.8 Å². The number of rotatable bonds is 8. The molecule has 1 N–H and O–H groups in total. The minimum atomic E-state index is -0.236. The number of amides is 1. The van der Waals surface area contributed by atoms with Gasteiger partial charge in [-0.25, -0.2) is 0 Å². The molecule has 6 heteroatoms. The monoisotopic (exact) mass is 411 g/mol. The van der Waals surface area contributed by atoms with E-state index in [2.05, 4.69) is 31.3 Å². The first-order valence-corrected chi connectivity index (χ1v) is 10.2. The van der Waals surface area contributed by atoms with Gasteiger partial charge in [0.2, 0.25) is 0 Å². The van der Waals surface area contributed by atoms with Crippen LogP contribution in [0, 0.1) is 13.8 Å². The number of ether oxygens (including phenoxy) is 2. The second kappa shape index (κ2) is 9.56. The summed E-state index contributed by atoms with van der Waals surface area (Å²) in [5, 5.41) is 3.59. The summed E-state index contributed by atoms with van der Waals surface area (Å²) in [4.78, 5) is 13.6. The normalized spacial score (nSPS) is 10.6. The van der Waals surface area contributed by atoms with E-state index in [9.17, 15) is 4.79 Å². The van der Waals surface area contributed by atoms with Gasteiger partial charge in [-0.15, -0.1) is 0 Å². The van der Waals surface area contributed by atoms with Crippen molar-refractivity contribution < 1.29 is 18.7 Å². The topological polar surface area (TPSA) is 60.7 Å². The van der Waals surface area contributed by atoms with Crippen molar-refractivity contribution in [2.24, 2.45) is 0 Å². The van der Waals surface area contributed by atoms with E-state index in [0.717, 1.165) is 22.0 Å². The minimum absolute atomic E-state index is 0.236. The number of methoxy groups -OCH3 is 2. The number of furan rings is 1. The molecule has 0 unspecified atom stereocenters. The molecular formula is C23H25NO4S. The summed E-state index contributed by atoms with van der Waals surface area (Å²) in [7, 11) is 3.25. The second-order valence-electron chi connectivity index (χ2n) is 6.63. The Morgan fingerprint density at radius 3 is 2.48 bits per heavy atom. The van der Waals surface area contributed by atoms with Crippen LogP contribution in [-0.2, 0) is 6.42 Å². The van der Waals surface area contributed by atoms with Gasteiger partial charge in [-0.3, -0.25) is 4.79 Å². The largest absolute Gasteiger partial charge is 0.497 e. The van der Waals surface area contributed by atoms with E-state index in [1.807, 2.05) is 30.3 Å². The standard InChI is InChI=1S/C23H25NO4S/c1-15-6-5-7-16(2)22(15)29-21-11-10-20(28-21)23(25)24-13-12-17-14-18(26-3)8-9-19(17)27-4/h5-11,14H,12-13H2,1-4H3,(H,24,25). The van der Waals surface area contributed by atoms with Gasteiger partial charge in [-0.2, -0.15) is 0 Å². The molecule has 0 fully saturated rings. The first-order valence-electron chi connectivity index (χ1n) is 9.35. The Bertz CT molecular complexity index is 976. The van der Waals surface area contributed by atoms with Crippen LogP contribution in [0.4, 0.5) is 0 Å². The van der Waals surface area contributed by atoms with E-state index in [1.165, 1.54) is 22.9 Å². The van der Waals surface area contributed by atoms with Crippen LogP contribution in [0.1, 0.15) is 27.2 Å². The molecular weight excluding hydrogens is 386 g/mol. The van der Waals surface area contributed by atoms with Crippen LogP contribution in [0.2, 0.25) is 0 Å². The quantitative estimate of drug-likeness (QED) is 0.563. The number of carbonyl (C=O) groups excluding carboxylic acids is 1. The summed E-state index contributed by atoms with van der Waals surface area (Å²) < 4.78 is 16.4. The van der Waals surface area contributed by atoms with Crippen LogP contribution in [0.25, 0.3) is 0 Å². The van der Waals surface area contributed by atoms with E-state index in [1.54, 1.807) is 20.3 Å². The zero-order chi connectivity index (χ0) is 20.8. The average Bonchev–Trinajstić information content (AvgIpc) is 3.19. The molecule has 0 atom stereocenters. The fourth-order valence-corrected chi connectivity index (χ4v) is 3.96. The average molecular weight is 412 g/mol. The molecule has 3 aromatic rings. The van der Waals surface area contributed by atoms with Crippen molar-refractivity contribution >= 4 is 17.7 Å². The predicted octanol–water partition coefficient (Wildman–Crippen LogP) is 5.04. The Balaban J connectivity index is 1.60. The molecule has 0 aliphatic heterocycles. The van der Waals surface area contributed by atoms with Crippen molar-refractivity contribution in [3.63, 3.8) is 0 Å². The molecule has 5 nitrogen and oxygen atoms in total. The van der Waals surface area contributed by atoms with E-state index < -0.39 is 0 Å². The highest BCUT2D eigenvalue weighted by Gasteiger charge is 2.14. The molecule has 2 aromatic carbocycles. The molecule has 0 bridgehead atoms. The molecule has 1 amide bonds. The maximum Gasteiger partial charge on any atom is 0.287 e. The van der Waals surface area contributed by atoms with E-state index in [4.69, 9.17) is 13.9 Å². The summed E-state index contributed by atoms with van der Waals surface area (Å²) in [6.07, 6.45) is 0.622. The summed E-state index contributed by atoms with van der Waals surface area (Å²) in [5.74, 6) is 1.59. The first-order chi connectivity index (χ1) is 14.0. The summed E-state index contributed by atoms with van der Waals surface area (Å²) in [5.41, 5.74) is 3.34. The first kappa shape index (κ1) is 20.9. The number of nitrogens with one attached hydrogen (secondary N) is 1. The van der Waals surface area contributed by atoms with Crippen molar-refractivity contribution in [2.45, 2.75) is 30.3 Å². The number of benzene rings is 2. The Morgan fingerprint density at radius 2 is 1.79 bits per heavy atom. The third-order valence-corrected chi connectivity index (χ3v) is 5.85. The van der Waals surface area contributed by atoms with E-state index in [-0.39, 0.29) is 5.91 Å². The van der Waals surface area contributed by atoms with Crippen molar-refractivity contribution in [3.05, 3.63) is 71.0 Å². The summed E-state index contributed by atoms with van der Waals surface area (Å²) >= 11 is 1.53. The molecule has 3 rings (SSSR count). The third-order valence-electron chi connectivity index (χ3n) is 4.58. The van der Waals surface area contributed by atoms with Gasteiger partial charge in [-0.1, -0.05) is 30.0 Å². The number of carbonyl (C=O) groups is 1. The van der Waals surface area contributed by atoms with Gasteiger partial charge in [0.1, 0.15) is 11.5 Å². The fraction of sp³-hybridized carbons (Fsp3) is 0.261. The molecule has 0 aliphatic carbocycles. The molecule has 1 heterocycles. The van der Waals surface area contributed by atoms with Gasteiger partial charge in [0.25, 0.3) is 5.91 Å². The number of hydrogen-bond acceptors (Lipinski definition) is 5. The SMILES string of the molecule is COc1ccc(OC)c(CCNC(=O)c2ccc(Sc3c(C)cccc3C)o2)c1. The molecule has 0 saturated heterocycles. The summed E-state index contributed by atoms with van der Waals surface area (Å²) in [6.45, 7) is 4.60. The lowest BCUT2D eigenvalue weighted by molar-refractivity contribution is 0.0921. The van der Waals surface area contributed by atoms with Gasteiger partial charge in [-0.05, 0) is 67.3 Å². The molecule has 0 aliphatic rings. The minimum Gasteiger partial charge on any atom is -0.497 e. The lowest BCUT2D eigenvalue weighted by Crippen LogP contribution is -2.25. The lowest BCUT2D eigenvalue weighted by atomic mass is 10.1. The number of aryl methyl sites for hydroxylation is 2. The molecule has 152 valence electrons. The van der Waals surface area contributed by atoms with Crippen LogP contribution in [0.5, 0.6) is 11.5 Å². The zero-order valence-corrected chi connectivity index (χ0v) is 17.9. The van der Waals surface area contributed by atoms with Gasteiger partial charge in [0.15, 0.2) is 10.9 Å². The zero-order valence-electron chi connectivity index (χ0n) is 17.1. The molecule has 1 aromatic heterocycles. The van der Waals surface area contributed by atoms with Gasteiger partial charge in [0, 0.05) is 11.4 Å². The molecule has 29 heavy (non-hydrogen) atoms. The maximum atomic E-state index is 12.4. The highest BCUT2D eigenvalue weighted by Crippen LogP contribution is 2.34. The predicted molar refractivity (Wildman–Crippen MR) is 114 cm³/mol. The van der Waals surface area contributed by atoms with E-state index >= 15 is 0 Å². The fourth-order valence-electron chi connectivity index (χ4n) is 3.03. The lowest BCUT2D eigenvalue weighted by Gasteiger charge is -2.10. The smallest absolute Gasteiger partial charge is 0.287 e. The highest BCUT2D eigenvalue weighted by atomic mass is 32.2.